The van der Waals surface area contributed by atoms with E-state index in [1.54, 1.807) is 42.3 Å². The Morgan fingerprint density at radius 2 is 1.93 bits per heavy atom. The molecule has 0 fully saturated rings. The molecular weight excluding hydrogens is 358 g/mol. The lowest BCUT2D eigenvalue weighted by Gasteiger charge is -2.10. The number of fused-ring (bicyclic) bond motifs is 1. The predicted molar refractivity (Wildman–Crippen MR) is 105 cm³/mol. The average molecular weight is 379 g/mol. The van der Waals surface area contributed by atoms with Crippen molar-refractivity contribution >= 4 is 11.6 Å². The number of hydrogen-bond acceptors (Lipinski definition) is 5. The lowest BCUT2D eigenvalue weighted by molar-refractivity contribution is 0.102. The second-order valence-electron chi connectivity index (χ2n) is 6.49. The molecule has 0 aliphatic carbocycles. The molecule has 0 spiro atoms. The van der Waals surface area contributed by atoms with E-state index in [2.05, 4.69) is 10.4 Å². The van der Waals surface area contributed by atoms with E-state index in [-0.39, 0.29) is 5.91 Å². The Labute approximate surface area is 162 Å². The first-order chi connectivity index (χ1) is 13.6. The largest absolute Gasteiger partial charge is 0.494 e. The zero-order chi connectivity index (χ0) is 19.5. The van der Waals surface area contributed by atoms with Crippen LogP contribution in [0.15, 0.2) is 48.7 Å². The van der Waals surface area contributed by atoms with Gasteiger partial charge in [0, 0.05) is 24.4 Å². The van der Waals surface area contributed by atoms with Crippen LogP contribution in [0.4, 0.5) is 5.69 Å². The standard InChI is InChI=1S/C21H21N3O4/c1-14-4-6-18(26-2)17(12-14)24-9-8-16(23-24)21(25)22-15-5-7-19-20(13-15)28-11-3-10-27-19/h4-9,12-13H,3,10-11H2,1-2H3,(H,22,25). The minimum atomic E-state index is -0.306. The van der Waals surface area contributed by atoms with Crippen LogP contribution in [-0.4, -0.2) is 36.0 Å². The Bertz CT molecular complexity index is 1010. The number of aromatic nitrogens is 2. The van der Waals surface area contributed by atoms with Gasteiger partial charge in [-0.1, -0.05) is 6.07 Å². The molecule has 7 nitrogen and oxygen atoms in total. The van der Waals surface area contributed by atoms with E-state index in [0.29, 0.717) is 41.8 Å². The first-order valence-corrected chi connectivity index (χ1v) is 9.06. The van der Waals surface area contributed by atoms with Gasteiger partial charge in [0.05, 0.1) is 20.3 Å². The van der Waals surface area contributed by atoms with Crippen LogP contribution in [0, 0.1) is 6.92 Å². The van der Waals surface area contributed by atoms with E-state index >= 15 is 0 Å². The van der Waals surface area contributed by atoms with Gasteiger partial charge in [0.1, 0.15) is 11.4 Å². The summed E-state index contributed by atoms with van der Waals surface area (Å²) in [5.41, 5.74) is 2.77. The molecule has 2 aromatic carbocycles. The maximum absolute atomic E-state index is 12.6. The fraction of sp³-hybridized carbons (Fsp3) is 0.238. The smallest absolute Gasteiger partial charge is 0.276 e. The van der Waals surface area contributed by atoms with E-state index in [0.717, 1.165) is 17.7 Å². The zero-order valence-electron chi connectivity index (χ0n) is 15.8. The quantitative estimate of drug-likeness (QED) is 0.750. The highest BCUT2D eigenvalue weighted by atomic mass is 16.5. The first-order valence-electron chi connectivity index (χ1n) is 9.06. The van der Waals surface area contributed by atoms with Crippen molar-refractivity contribution < 1.29 is 19.0 Å². The van der Waals surface area contributed by atoms with Gasteiger partial charge in [0.15, 0.2) is 17.2 Å². The van der Waals surface area contributed by atoms with Crippen LogP contribution >= 0.6 is 0 Å². The molecule has 0 saturated carbocycles. The number of aryl methyl sites for hydroxylation is 1. The molecule has 1 amide bonds. The molecule has 0 bridgehead atoms. The van der Waals surface area contributed by atoms with Crippen molar-refractivity contribution in [3.05, 3.63) is 59.9 Å². The Morgan fingerprint density at radius 1 is 1.11 bits per heavy atom. The molecule has 3 aromatic rings. The molecule has 7 heteroatoms. The molecular formula is C21H21N3O4. The number of benzene rings is 2. The number of methoxy groups -OCH3 is 1. The molecule has 0 radical (unpaired) electrons. The molecule has 0 saturated heterocycles. The zero-order valence-corrected chi connectivity index (χ0v) is 15.8. The van der Waals surface area contributed by atoms with Crippen molar-refractivity contribution in [2.75, 3.05) is 25.6 Å². The van der Waals surface area contributed by atoms with Crippen LogP contribution in [0.5, 0.6) is 17.2 Å². The van der Waals surface area contributed by atoms with E-state index in [1.165, 1.54) is 0 Å². The van der Waals surface area contributed by atoms with Crippen molar-refractivity contribution in [3.63, 3.8) is 0 Å². The molecule has 0 unspecified atom stereocenters. The van der Waals surface area contributed by atoms with Crippen molar-refractivity contribution in [3.8, 4) is 22.9 Å². The fourth-order valence-electron chi connectivity index (χ4n) is 2.99. The van der Waals surface area contributed by atoms with Gasteiger partial charge in [-0.15, -0.1) is 0 Å². The average Bonchev–Trinajstić information content (AvgIpc) is 3.08. The number of carbonyl (C=O) groups is 1. The van der Waals surface area contributed by atoms with Crippen molar-refractivity contribution in [1.29, 1.82) is 0 Å². The number of nitrogens with one attached hydrogen (secondary N) is 1. The van der Waals surface area contributed by atoms with Crippen LogP contribution in [0.25, 0.3) is 5.69 Å². The number of rotatable bonds is 4. The summed E-state index contributed by atoms with van der Waals surface area (Å²) in [7, 11) is 1.61. The number of carbonyl (C=O) groups excluding carboxylic acids is 1. The number of amides is 1. The van der Waals surface area contributed by atoms with Gasteiger partial charge < -0.3 is 19.5 Å². The maximum Gasteiger partial charge on any atom is 0.276 e. The van der Waals surface area contributed by atoms with E-state index < -0.39 is 0 Å². The van der Waals surface area contributed by atoms with Gasteiger partial charge in [-0.05, 0) is 42.8 Å². The molecule has 1 aliphatic rings. The highest BCUT2D eigenvalue weighted by Gasteiger charge is 2.15. The first kappa shape index (κ1) is 17.9. The summed E-state index contributed by atoms with van der Waals surface area (Å²) in [4.78, 5) is 12.6. The summed E-state index contributed by atoms with van der Waals surface area (Å²) in [6, 6.07) is 12.8. The molecule has 1 aromatic heterocycles. The lowest BCUT2D eigenvalue weighted by atomic mass is 10.2. The molecule has 4 rings (SSSR count). The minimum Gasteiger partial charge on any atom is -0.494 e. The molecule has 1 aliphatic heterocycles. The van der Waals surface area contributed by atoms with Crippen molar-refractivity contribution in [1.82, 2.24) is 9.78 Å². The third-order valence-electron chi connectivity index (χ3n) is 4.41. The van der Waals surface area contributed by atoms with Crippen LogP contribution in [0.2, 0.25) is 0 Å². The molecule has 28 heavy (non-hydrogen) atoms. The summed E-state index contributed by atoms with van der Waals surface area (Å²) in [6.07, 6.45) is 2.57. The second-order valence-corrected chi connectivity index (χ2v) is 6.49. The van der Waals surface area contributed by atoms with Gasteiger partial charge in [-0.3, -0.25) is 4.79 Å². The number of ether oxygens (including phenoxy) is 3. The van der Waals surface area contributed by atoms with E-state index in [4.69, 9.17) is 14.2 Å². The maximum atomic E-state index is 12.6. The fourth-order valence-corrected chi connectivity index (χ4v) is 2.99. The summed E-state index contributed by atoms with van der Waals surface area (Å²) < 4.78 is 18.3. The highest BCUT2D eigenvalue weighted by Crippen LogP contribution is 2.32. The molecule has 1 N–H and O–H groups in total. The number of hydrogen-bond donors (Lipinski definition) is 1. The topological polar surface area (TPSA) is 74.6 Å². The van der Waals surface area contributed by atoms with Crippen LogP contribution < -0.4 is 19.5 Å². The molecule has 144 valence electrons. The number of anilines is 1. The third kappa shape index (κ3) is 3.64. The molecule has 2 heterocycles. The Hall–Kier alpha value is -3.48. The molecule has 0 atom stereocenters. The lowest BCUT2D eigenvalue weighted by Crippen LogP contribution is -2.13. The van der Waals surface area contributed by atoms with Crippen molar-refractivity contribution in [2.45, 2.75) is 13.3 Å². The second kappa shape index (κ2) is 7.64. The van der Waals surface area contributed by atoms with Crippen LogP contribution in [-0.2, 0) is 0 Å². The monoisotopic (exact) mass is 379 g/mol. The highest BCUT2D eigenvalue weighted by molar-refractivity contribution is 6.03. The van der Waals surface area contributed by atoms with Crippen LogP contribution in [0.3, 0.4) is 0 Å². The van der Waals surface area contributed by atoms with Gasteiger partial charge in [-0.25, -0.2) is 4.68 Å². The Morgan fingerprint density at radius 3 is 2.75 bits per heavy atom. The van der Waals surface area contributed by atoms with E-state index in [9.17, 15) is 4.79 Å². The SMILES string of the molecule is COc1ccc(C)cc1-n1ccc(C(=O)Nc2ccc3c(c2)OCCCO3)n1. The summed E-state index contributed by atoms with van der Waals surface area (Å²) >= 11 is 0. The summed E-state index contributed by atoms with van der Waals surface area (Å²) in [6.45, 7) is 3.20. The van der Waals surface area contributed by atoms with Gasteiger partial charge in [0.2, 0.25) is 0 Å². The van der Waals surface area contributed by atoms with Gasteiger partial charge in [-0.2, -0.15) is 5.10 Å². The predicted octanol–water partition coefficient (Wildman–Crippen LogP) is 3.60. The summed E-state index contributed by atoms with van der Waals surface area (Å²) in [5.74, 6) is 1.69. The third-order valence-corrected chi connectivity index (χ3v) is 4.41. The normalized spacial score (nSPS) is 12.9. The van der Waals surface area contributed by atoms with Crippen LogP contribution in [0.1, 0.15) is 22.5 Å². The Kier molecular flexibility index (Phi) is 4.89. The van der Waals surface area contributed by atoms with E-state index in [1.807, 2.05) is 25.1 Å². The Balaban J connectivity index is 1.54. The number of nitrogens with zero attached hydrogens (tertiary/aromatic N) is 2. The van der Waals surface area contributed by atoms with Crippen molar-refractivity contribution in [2.24, 2.45) is 0 Å². The minimum absolute atomic E-state index is 0.302. The summed E-state index contributed by atoms with van der Waals surface area (Å²) in [5, 5.41) is 7.25. The van der Waals surface area contributed by atoms with Gasteiger partial charge in [0.25, 0.3) is 5.91 Å². The van der Waals surface area contributed by atoms with Gasteiger partial charge >= 0.3 is 0 Å².